The van der Waals surface area contributed by atoms with E-state index in [0.717, 1.165) is 18.7 Å². The van der Waals surface area contributed by atoms with Gasteiger partial charge in [0, 0.05) is 5.56 Å². The minimum Gasteiger partial charge on any atom is -0.448 e. The number of fused-ring (bicyclic) bond motifs is 3. The molecule has 0 amide bonds. The molecule has 0 saturated heterocycles. The zero-order chi connectivity index (χ0) is 16.8. The van der Waals surface area contributed by atoms with Crippen molar-refractivity contribution in [1.29, 1.82) is 0 Å². The molecule has 3 aromatic rings. The molecule has 5 rings (SSSR count). The summed E-state index contributed by atoms with van der Waals surface area (Å²) in [5.41, 5.74) is 9.80. The van der Waals surface area contributed by atoms with Gasteiger partial charge in [-0.25, -0.2) is 0 Å². The Morgan fingerprint density at radius 2 is 1.56 bits per heavy atom. The van der Waals surface area contributed by atoms with E-state index in [0.29, 0.717) is 0 Å². The summed E-state index contributed by atoms with van der Waals surface area (Å²) in [4.78, 5) is 2.38. The van der Waals surface area contributed by atoms with E-state index < -0.39 is 0 Å². The van der Waals surface area contributed by atoms with Crippen LogP contribution in [0.4, 0.5) is 17.3 Å². The molecular formula is C23H23NO. The molecule has 1 aliphatic carbocycles. The number of anilines is 3. The van der Waals surface area contributed by atoms with Gasteiger partial charge in [-0.05, 0) is 85.9 Å². The van der Waals surface area contributed by atoms with Crippen molar-refractivity contribution < 1.29 is 4.42 Å². The van der Waals surface area contributed by atoms with Crippen LogP contribution < -0.4 is 4.90 Å². The molecule has 1 aliphatic heterocycles. The minimum atomic E-state index is 1.00. The van der Waals surface area contributed by atoms with Gasteiger partial charge in [0.15, 0.2) is 0 Å². The molecule has 1 aromatic heterocycles. The molecular weight excluding hydrogens is 306 g/mol. The highest BCUT2D eigenvalue weighted by atomic mass is 16.3. The van der Waals surface area contributed by atoms with E-state index in [2.05, 4.69) is 54.3 Å². The summed E-state index contributed by atoms with van der Waals surface area (Å²) in [5.74, 6) is 1.00. The Morgan fingerprint density at radius 1 is 0.760 bits per heavy atom. The molecule has 2 nitrogen and oxygen atoms in total. The third-order valence-corrected chi connectivity index (χ3v) is 5.81. The summed E-state index contributed by atoms with van der Waals surface area (Å²) >= 11 is 0. The molecule has 0 saturated carbocycles. The Morgan fingerprint density at radius 3 is 2.48 bits per heavy atom. The molecule has 0 fully saturated rings. The fourth-order valence-corrected chi connectivity index (χ4v) is 4.51. The van der Waals surface area contributed by atoms with E-state index >= 15 is 0 Å². The topological polar surface area (TPSA) is 16.4 Å². The predicted molar refractivity (Wildman–Crippen MR) is 102 cm³/mol. The second-order valence-corrected chi connectivity index (χ2v) is 7.28. The van der Waals surface area contributed by atoms with Gasteiger partial charge in [0.2, 0.25) is 5.88 Å². The van der Waals surface area contributed by atoms with Gasteiger partial charge >= 0.3 is 0 Å². The number of aryl methyl sites for hydroxylation is 3. The summed E-state index contributed by atoms with van der Waals surface area (Å²) in [6.07, 6.45) is 8.90. The second-order valence-electron chi connectivity index (χ2n) is 7.28. The molecule has 0 atom stereocenters. The zero-order valence-electron chi connectivity index (χ0n) is 14.7. The van der Waals surface area contributed by atoms with Gasteiger partial charge < -0.3 is 4.42 Å². The molecule has 0 spiro atoms. The van der Waals surface area contributed by atoms with E-state index in [1.165, 1.54) is 59.3 Å². The quantitative estimate of drug-likeness (QED) is 0.541. The molecule has 25 heavy (non-hydrogen) atoms. The molecule has 0 bridgehead atoms. The average Bonchev–Trinajstić information content (AvgIpc) is 3.06. The molecule has 2 heteroatoms. The maximum atomic E-state index is 6.01. The number of rotatable bonds is 1. The Bertz CT molecular complexity index is 937. The summed E-state index contributed by atoms with van der Waals surface area (Å²) in [6, 6.07) is 15.5. The summed E-state index contributed by atoms with van der Waals surface area (Å²) in [7, 11) is 0. The lowest BCUT2D eigenvalue weighted by molar-refractivity contribution is 0.571. The van der Waals surface area contributed by atoms with E-state index in [9.17, 15) is 0 Å². The second kappa shape index (κ2) is 5.80. The number of hydrogen-bond acceptors (Lipinski definition) is 2. The van der Waals surface area contributed by atoms with Crippen LogP contribution in [-0.4, -0.2) is 0 Å². The van der Waals surface area contributed by atoms with Crippen molar-refractivity contribution in [3.63, 3.8) is 0 Å². The highest BCUT2D eigenvalue weighted by Gasteiger charge is 2.28. The third kappa shape index (κ3) is 2.31. The average molecular weight is 329 g/mol. The molecule has 0 radical (unpaired) electrons. The van der Waals surface area contributed by atoms with Crippen LogP contribution in [0.25, 0.3) is 0 Å². The van der Waals surface area contributed by atoms with Crippen molar-refractivity contribution in [2.75, 3.05) is 4.90 Å². The van der Waals surface area contributed by atoms with Crippen LogP contribution in [0.1, 0.15) is 40.7 Å². The van der Waals surface area contributed by atoms with Crippen molar-refractivity contribution >= 4 is 17.3 Å². The number of para-hydroxylation sites is 1. The van der Waals surface area contributed by atoms with Gasteiger partial charge in [-0.3, -0.25) is 4.90 Å². The Labute approximate surface area is 149 Å². The molecule has 2 aliphatic rings. The van der Waals surface area contributed by atoms with Gasteiger partial charge in [0.25, 0.3) is 0 Å². The van der Waals surface area contributed by atoms with Crippen molar-refractivity contribution in [3.05, 3.63) is 76.5 Å². The maximum Gasteiger partial charge on any atom is 0.207 e. The zero-order valence-corrected chi connectivity index (χ0v) is 14.7. The van der Waals surface area contributed by atoms with Gasteiger partial charge in [-0.2, -0.15) is 0 Å². The van der Waals surface area contributed by atoms with Crippen LogP contribution in [0.5, 0.6) is 0 Å². The van der Waals surface area contributed by atoms with Crippen LogP contribution in [0.3, 0.4) is 0 Å². The highest BCUT2D eigenvalue weighted by molar-refractivity contribution is 5.81. The first-order chi connectivity index (χ1) is 12.3. The van der Waals surface area contributed by atoms with Crippen LogP contribution >= 0.6 is 0 Å². The van der Waals surface area contributed by atoms with Crippen molar-refractivity contribution in [3.8, 4) is 0 Å². The van der Waals surface area contributed by atoms with Crippen molar-refractivity contribution in [2.24, 2.45) is 0 Å². The molecule has 2 heterocycles. The first-order valence-electron chi connectivity index (χ1n) is 9.38. The molecule has 0 N–H and O–H groups in total. The van der Waals surface area contributed by atoms with E-state index in [1.54, 1.807) is 5.56 Å². The first kappa shape index (κ1) is 14.8. The predicted octanol–water partition coefficient (Wildman–Crippen LogP) is 6.04. The van der Waals surface area contributed by atoms with Crippen LogP contribution in [0.2, 0.25) is 0 Å². The van der Waals surface area contributed by atoms with Crippen molar-refractivity contribution in [1.82, 2.24) is 0 Å². The highest BCUT2D eigenvalue weighted by Crippen LogP contribution is 2.45. The fourth-order valence-electron chi connectivity index (χ4n) is 4.51. The van der Waals surface area contributed by atoms with Crippen LogP contribution in [0.15, 0.2) is 53.1 Å². The number of furan rings is 1. The van der Waals surface area contributed by atoms with E-state index in [1.807, 2.05) is 6.26 Å². The largest absolute Gasteiger partial charge is 0.448 e. The van der Waals surface area contributed by atoms with Gasteiger partial charge in [-0.15, -0.1) is 0 Å². The van der Waals surface area contributed by atoms with Gasteiger partial charge in [-0.1, -0.05) is 24.3 Å². The monoisotopic (exact) mass is 329 g/mol. The van der Waals surface area contributed by atoms with Crippen LogP contribution in [0, 0.1) is 6.92 Å². The number of hydrogen-bond donors (Lipinski definition) is 0. The van der Waals surface area contributed by atoms with Gasteiger partial charge in [0.05, 0.1) is 17.6 Å². The number of nitrogens with zero attached hydrogens (tertiary/aromatic N) is 1. The summed E-state index contributed by atoms with van der Waals surface area (Å²) in [6.45, 7) is 2.25. The number of benzene rings is 2. The Balaban J connectivity index is 1.78. The van der Waals surface area contributed by atoms with Crippen molar-refractivity contribution in [2.45, 2.75) is 45.4 Å². The lowest BCUT2D eigenvalue weighted by Gasteiger charge is -2.30. The Kier molecular flexibility index (Phi) is 3.44. The normalized spacial score (nSPS) is 16.0. The molecule has 2 aromatic carbocycles. The van der Waals surface area contributed by atoms with Crippen LogP contribution in [-0.2, 0) is 25.7 Å². The SMILES string of the molecule is Cc1ccc(N2c3ccccc3CCc3ccoc32)c2c1CCCC2. The third-order valence-electron chi connectivity index (χ3n) is 5.81. The maximum absolute atomic E-state index is 6.01. The van der Waals surface area contributed by atoms with E-state index in [-0.39, 0.29) is 0 Å². The van der Waals surface area contributed by atoms with Gasteiger partial charge in [0.1, 0.15) is 0 Å². The standard InChI is InChI=1S/C23H23NO/c1-16-10-13-22(20-8-4-3-7-19(16)20)24-21-9-5-2-6-17(21)11-12-18-14-15-25-23(18)24/h2,5-6,9-10,13-15H,3-4,7-8,11-12H2,1H3. The lowest BCUT2D eigenvalue weighted by Crippen LogP contribution is -2.16. The summed E-state index contributed by atoms with van der Waals surface area (Å²) < 4.78 is 6.01. The Hall–Kier alpha value is -2.48. The lowest BCUT2D eigenvalue weighted by atomic mass is 9.87. The minimum absolute atomic E-state index is 1.00. The first-order valence-corrected chi connectivity index (χ1v) is 9.38. The fraction of sp³-hybridized carbons (Fsp3) is 0.304. The summed E-state index contributed by atoms with van der Waals surface area (Å²) in [5, 5.41) is 0. The molecule has 0 unspecified atom stereocenters. The smallest absolute Gasteiger partial charge is 0.207 e. The molecule has 126 valence electrons. The van der Waals surface area contributed by atoms with E-state index in [4.69, 9.17) is 4.42 Å².